The van der Waals surface area contributed by atoms with Crippen LogP contribution in [-0.4, -0.2) is 19.1 Å². The summed E-state index contributed by atoms with van der Waals surface area (Å²) in [5, 5.41) is 0. The maximum absolute atomic E-state index is 11.2. The Bertz CT molecular complexity index is 824. The normalized spacial score (nSPS) is 41.4. The molecular weight excluding hydrogens is 443 g/mol. The first-order valence-electron chi connectivity index (χ1n) is 13.3. The smallest absolute Gasteiger partial charge is 0.264 e. The van der Waals surface area contributed by atoms with E-state index >= 15 is 0 Å². The minimum atomic E-state index is -4.38. The van der Waals surface area contributed by atoms with Crippen molar-refractivity contribution in [1.29, 1.82) is 0 Å². The minimum absolute atomic E-state index is 0. The monoisotopic (exact) mass is 489 g/mol. The Labute approximate surface area is 225 Å². The second-order valence-electron chi connectivity index (χ2n) is 12.7. The van der Waals surface area contributed by atoms with Gasteiger partial charge in [-0.3, -0.25) is 4.55 Å². The quantitative estimate of drug-likeness (QED) is 0.330. The third-order valence-electron chi connectivity index (χ3n) is 10.5. The molecule has 33 heavy (non-hydrogen) atoms. The molecule has 0 aromatic heterocycles. The Kier molecular flexibility index (Phi) is 9.00. The van der Waals surface area contributed by atoms with Gasteiger partial charge < -0.3 is 0 Å². The van der Waals surface area contributed by atoms with Crippen molar-refractivity contribution in [2.75, 3.05) is 0 Å². The Morgan fingerprint density at radius 1 is 1.06 bits per heavy atom. The fourth-order valence-electron chi connectivity index (χ4n) is 8.91. The van der Waals surface area contributed by atoms with Crippen LogP contribution < -0.4 is 29.6 Å². The molecular formula is C27H46NaO4S+. The number of rotatable bonds is 7. The Balaban J connectivity index is 0.00000306. The predicted molar refractivity (Wildman–Crippen MR) is 129 cm³/mol. The van der Waals surface area contributed by atoms with Crippen molar-refractivity contribution in [2.45, 2.75) is 111 Å². The molecule has 3 saturated carbocycles. The van der Waals surface area contributed by atoms with Gasteiger partial charge in [0.25, 0.3) is 0 Å². The van der Waals surface area contributed by atoms with E-state index in [-0.39, 0.29) is 35.0 Å². The van der Waals surface area contributed by atoms with Crippen LogP contribution in [0.2, 0.25) is 0 Å². The molecule has 0 saturated heterocycles. The van der Waals surface area contributed by atoms with Crippen LogP contribution >= 0.6 is 0 Å². The molecule has 0 aromatic rings. The zero-order valence-electron chi connectivity index (χ0n) is 22.0. The van der Waals surface area contributed by atoms with E-state index < -0.39 is 16.5 Å². The van der Waals surface area contributed by atoms with Crippen molar-refractivity contribution >= 4 is 10.4 Å². The van der Waals surface area contributed by atoms with Crippen LogP contribution in [0.25, 0.3) is 0 Å². The summed E-state index contributed by atoms with van der Waals surface area (Å²) in [6, 6.07) is 0. The number of fused-ring (bicyclic) bond motifs is 5. The Morgan fingerprint density at radius 2 is 1.79 bits per heavy atom. The van der Waals surface area contributed by atoms with E-state index in [0.29, 0.717) is 24.2 Å². The van der Waals surface area contributed by atoms with Gasteiger partial charge in [0.2, 0.25) is 0 Å². The number of allylic oxidation sites excluding steroid dienone is 1. The molecule has 3 unspecified atom stereocenters. The van der Waals surface area contributed by atoms with Crippen LogP contribution in [0.4, 0.5) is 0 Å². The van der Waals surface area contributed by atoms with E-state index in [9.17, 15) is 8.42 Å². The van der Waals surface area contributed by atoms with Gasteiger partial charge in [0.15, 0.2) is 0 Å². The van der Waals surface area contributed by atoms with Gasteiger partial charge in [0.1, 0.15) is 0 Å². The molecule has 8 atom stereocenters. The maximum Gasteiger partial charge on any atom is 1.00 e. The van der Waals surface area contributed by atoms with E-state index in [1.165, 1.54) is 50.5 Å². The van der Waals surface area contributed by atoms with E-state index in [2.05, 4.69) is 40.7 Å². The van der Waals surface area contributed by atoms with Crippen LogP contribution in [0.5, 0.6) is 0 Å². The molecule has 4 rings (SSSR count). The third kappa shape index (κ3) is 5.64. The largest absolute Gasteiger partial charge is 1.00 e. The summed E-state index contributed by atoms with van der Waals surface area (Å²) in [5.41, 5.74) is 2.05. The van der Waals surface area contributed by atoms with Crippen molar-refractivity contribution in [3.63, 3.8) is 0 Å². The van der Waals surface area contributed by atoms with Gasteiger partial charge in [-0.25, -0.2) is 4.18 Å². The average molecular weight is 490 g/mol. The van der Waals surface area contributed by atoms with Crippen LogP contribution in [0.1, 0.15) is 105 Å². The Hall–Kier alpha value is 0.610. The third-order valence-corrected chi connectivity index (χ3v) is 11.0. The number of hydrogen-bond donors (Lipinski definition) is 1. The van der Waals surface area contributed by atoms with Crippen molar-refractivity contribution in [3.05, 3.63) is 11.6 Å². The fourth-order valence-corrected chi connectivity index (χ4v) is 9.41. The molecule has 3 fully saturated rings. The second kappa shape index (κ2) is 10.5. The average Bonchev–Trinajstić information content (AvgIpc) is 3.04. The van der Waals surface area contributed by atoms with Crippen LogP contribution in [0.3, 0.4) is 0 Å². The molecule has 1 N–H and O–H groups in total. The molecule has 4 aliphatic carbocycles. The van der Waals surface area contributed by atoms with Gasteiger partial charge in [0.05, 0.1) is 6.10 Å². The standard InChI is InChI=1S/C27H46O4S.Na/c1-18(2)7-6-8-19(3)23-11-12-24-22-10-9-20-17-21(31-32(28,29)30)13-15-26(20,4)25(22)14-16-27(23,24)5;/h9,18-19,21-25H,6-8,10-17H2,1-5H3,(H,28,29,30);/q;+1/t19-,21+,22+,23?,24?,25?,26+,27-;/m1./s1. The van der Waals surface area contributed by atoms with Gasteiger partial charge in [-0.05, 0) is 97.7 Å². The molecule has 184 valence electrons. The predicted octanol–water partition coefficient (Wildman–Crippen LogP) is 4.22. The molecule has 4 aliphatic rings. The van der Waals surface area contributed by atoms with Gasteiger partial charge in [0, 0.05) is 0 Å². The van der Waals surface area contributed by atoms with Gasteiger partial charge in [-0.15, -0.1) is 0 Å². The summed E-state index contributed by atoms with van der Waals surface area (Å²) in [5.74, 6) is 4.83. The first kappa shape index (κ1) is 28.2. The van der Waals surface area contributed by atoms with Crippen LogP contribution in [0.15, 0.2) is 11.6 Å². The summed E-state index contributed by atoms with van der Waals surface area (Å²) in [4.78, 5) is 0. The molecule has 0 aliphatic heterocycles. The van der Waals surface area contributed by atoms with Gasteiger partial charge in [-0.1, -0.05) is 65.5 Å². The molecule has 0 aromatic carbocycles. The summed E-state index contributed by atoms with van der Waals surface area (Å²) < 4.78 is 36.6. The molecule has 6 heteroatoms. The van der Waals surface area contributed by atoms with Crippen molar-refractivity contribution in [2.24, 2.45) is 46.3 Å². The molecule has 0 bridgehead atoms. The Morgan fingerprint density at radius 3 is 2.45 bits per heavy atom. The van der Waals surface area contributed by atoms with Crippen molar-refractivity contribution in [3.8, 4) is 0 Å². The van der Waals surface area contributed by atoms with Gasteiger partial charge in [-0.2, -0.15) is 8.42 Å². The van der Waals surface area contributed by atoms with E-state index in [0.717, 1.165) is 42.4 Å². The summed E-state index contributed by atoms with van der Waals surface area (Å²) in [6.45, 7) is 12.3. The van der Waals surface area contributed by atoms with Crippen LogP contribution in [0, 0.1) is 46.3 Å². The zero-order chi connectivity index (χ0) is 23.3. The fraction of sp³-hybridized carbons (Fsp3) is 0.926. The van der Waals surface area contributed by atoms with E-state index in [1.807, 2.05) is 0 Å². The minimum Gasteiger partial charge on any atom is -0.264 e. The summed E-state index contributed by atoms with van der Waals surface area (Å²) >= 11 is 0. The first-order chi connectivity index (χ1) is 14.9. The summed E-state index contributed by atoms with van der Waals surface area (Å²) in [6.07, 6.45) is 15.1. The summed E-state index contributed by atoms with van der Waals surface area (Å²) in [7, 11) is -4.38. The SMILES string of the molecule is CC(C)CCC[C@@H](C)C1CCC2[C@@H]3CC=C4C[C@@H](OS(=O)(=O)O)CC[C@]4(C)C3CC[C@@]21C.[Na+]. The van der Waals surface area contributed by atoms with Crippen molar-refractivity contribution < 1.29 is 46.7 Å². The molecule has 0 heterocycles. The van der Waals surface area contributed by atoms with Gasteiger partial charge >= 0.3 is 40.0 Å². The first-order valence-corrected chi connectivity index (χ1v) is 14.7. The zero-order valence-corrected chi connectivity index (χ0v) is 24.8. The number of hydrogen-bond acceptors (Lipinski definition) is 3. The molecule has 0 spiro atoms. The molecule has 0 amide bonds. The topological polar surface area (TPSA) is 63.6 Å². The second-order valence-corrected chi connectivity index (χ2v) is 13.7. The maximum atomic E-state index is 11.2. The molecule has 4 nitrogen and oxygen atoms in total. The van der Waals surface area contributed by atoms with Crippen LogP contribution in [-0.2, 0) is 14.6 Å². The van der Waals surface area contributed by atoms with Crippen molar-refractivity contribution in [1.82, 2.24) is 0 Å². The molecule has 0 radical (unpaired) electrons. The van der Waals surface area contributed by atoms with E-state index in [1.54, 1.807) is 0 Å². The van der Waals surface area contributed by atoms with E-state index in [4.69, 9.17) is 8.74 Å².